The van der Waals surface area contributed by atoms with Crippen molar-refractivity contribution in [2.24, 2.45) is 11.8 Å². The third-order valence-electron chi connectivity index (χ3n) is 15.2. The highest BCUT2D eigenvalue weighted by atomic mass is 15.2. The van der Waals surface area contributed by atoms with Gasteiger partial charge in [0.15, 0.2) is 5.71 Å². The molecule has 0 N–H and O–H groups in total. The van der Waals surface area contributed by atoms with Gasteiger partial charge in [-0.2, -0.15) is 4.58 Å². The third kappa shape index (κ3) is 8.33. The molecule has 5 aromatic rings. The SMILES string of the molecule is Cc1ccc2c(c1)C(C)(Cc1ccccc1)/C(=C\C=C\C1=[N+](CCCCC3CCCC3)c3ccc4ccccc4c3C1(C)Cc1ccccc1)N2CCCCC1CCCC1. The first-order valence-corrected chi connectivity index (χ1v) is 23.9. The van der Waals surface area contributed by atoms with E-state index in [4.69, 9.17) is 0 Å². The second-order valence-corrected chi connectivity index (χ2v) is 19.6. The summed E-state index contributed by atoms with van der Waals surface area (Å²) in [5.41, 5.74) is 12.5. The lowest BCUT2D eigenvalue weighted by Gasteiger charge is -2.31. The zero-order chi connectivity index (χ0) is 40.9. The number of hydrogen-bond donors (Lipinski definition) is 0. The Bertz CT molecular complexity index is 2340. The molecule has 2 aliphatic carbocycles. The van der Waals surface area contributed by atoms with E-state index in [2.05, 4.69) is 164 Å². The van der Waals surface area contributed by atoms with Crippen molar-refractivity contribution in [1.82, 2.24) is 0 Å². The first kappa shape index (κ1) is 40.7. The van der Waals surface area contributed by atoms with Crippen molar-refractivity contribution in [2.45, 2.75) is 134 Å². The largest absolute Gasteiger partial charge is 0.344 e. The zero-order valence-electron chi connectivity index (χ0n) is 37.0. The molecule has 2 unspecified atom stereocenters. The van der Waals surface area contributed by atoms with E-state index in [1.165, 1.54) is 151 Å². The molecule has 2 aliphatic heterocycles. The van der Waals surface area contributed by atoms with Gasteiger partial charge in [0, 0.05) is 47.5 Å². The molecule has 60 heavy (non-hydrogen) atoms. The Kier molecular flexibility index (Phi) is 12.3. The van der Waals surface area contributed by atoms with Gasteiger partial charge in [-0.3, -0.25) is 0 Å². The van der Waals surface area contributed by atoms with Gasteiger partial charge in [-0.25, -0.2) is 0 Å². The van der Waals surface area contributed by atoms with E-state index in [1.54, 1.807) is 0 Å². The monoisotopic (exact) mass is 794 g/mol. The predicted octanol–water partition coefficient (Wildman–Crippen LogP) is 14.9. The van der Waals surface area contributed by atoms with Gasteiger partial charge in [0.05, 0.1) is 5.41 Å². The van der Waals surface area contributed by atoms with Crippen LogP contribution in [0.15, 0.2) is 139 Å². The van der Waals surface area contributed by atoms with Gasteiger partial charge in [-0.1, -0.05) is 179 Å². The quantitative estimate of drug-likeness (QED) is 0.0712. The minimum atomic E-state index is -0.193. The van der Waals surface area contributed by atoms with Crippen LogP contribution in [0.2, 0.25) is 0 Å². The van der Waals surface area contributed by atoms with Crippen molar-refractivity contribution in [3.8, 4) is 0 Å². The van der Waals surface area contributed by atoms with Gasteiger partial charge in [0.25, 0.3) is 0 Å². The molecule has 4 aliphatic rings. The Morgan fingerprint density at radius 3 is 1.95 bits per heavy atom. The minimum Gasteiger partial charge on any atom is -0.344 e. The molecule has 2 nitrogen and oxygen atoms in total. The Hall–Kier alpha value is -4.69. The van der Waals surface area contributed by atoms with Crippen molar-refractivity contribution in [2.75, 3.05) is 18.0 Å². The number of fused-ring (bicyclic) bond motifs is 4. The first-order valence-electron chi connectivity index (χ1n) is 23.9. The molecule has 0 saturated heterocycles. The van der Waals surface area contributed by atoms with Crippen LogP contribution in [-0.2, 0) is 23.7 Å². The number of benzene rings is 5. The molecular weight excluding hydrogens is 725 g/mol. The van der Waals surface area contributed by atoms with Gasteiger partial charge in [-0.15, -0.1) is 0 Å². The molecule has 2 fully saturated rings. The van der Waals surface area contributed by atoms with Gasteiger partial charge in [0.2, 0.25) is 5.69 Å². The number of allylic oxidation sites excluding steroid dienone is 4. The standard InChI is InChI=1S/C58H69N2/c1-44-35-37-52-51(41-44)57(2,42-47-27-6-4-7-28-47)54(59(52)39-18-16-25-45-21-10-11-22-45)33-20-34-55-58(3,43-48-29-8-5-9-30-48)56-50-32-15-14-31-49(50)36-38-53(56)60(55)40-19-17-26-46-23-12-13-24-46/h4-9,14-15,20,27-38,41,45-46H,10-13,16-19,21-26,39-40,42-43H2,1-3H3/q+1. The average molecular weight is 794 g/mol. The van der Waals surface area contributed by atoms with Crippen LogP contribution < -0.4 is 4.90 Å². The van der Waals surface area contributed by atoms with Crippen molar-refractivity contribution < 1.29 is 4.58 Å². The van der Waals surface area contributed by atoms with E-state index in [-0.39, 0.29) is 10.8 Å². The summed E-state index contributed by atoms with van der Waals surface area (Å²) in [6.07, 6.45) is 28.8. The van der Waals surface area contributed by atoms with Crippen molar-refractivity contribution in [3.63, 3.8) is 0 Å². The summed E-state index contributed by atoms with van der Waals surface area (Å²) < 4.78 is 2.74. The van der Waals surface area contributed by atoms with E-state index >= 15 is 0 Å². The maximum absolute atomic E-state index is 2.74. The van der Waals surface area contributed by atoms with Crippen LogP contribution >= 0.6 is 0 Å². The lowest BCUT2D eigenvalue weighted by molar-refractivity contribution is -0.438. The lowest BCUT2D eigenvalue weighted by Crippen LogP contribution is -2.34. The van der Waals surface area contributed by atoms with Crippen LogP contribution in [-0.4, -0.2) is 23.4 Å². The maximum atomic E-state index is 2.74. The van der Waals surface area contributed by atoms with Crippen LogP contribution in [0.5, 0.6) is 0 Å². The van der Waals surface area contributed by atoms with Crippen LogP contribution in [0.1, 0.15) is 132 Å². The second kappa shape index (κ2) is 18.1. The number of unbranched alkanes of at least 4 members (excludes halogenated alkanes) is 2. The molecule has 2 heterocycles. The maximum Gasteiger partial charge on any atom is 0.210 e. The number of aryl methyl sites for hydroxylation is 1. The van der Waals surface area contributed by atoms with Crippen molar-refractivity contribution in [3.05, 3.63) is 167 Å². The highest BCUT2D eigenvalue weighted by Gasteiger charge is 2.49. The number of rotatable bonds is 16. The summed E-state index contributed by atoms with van der Waals surface area (Å²) in [6.45, 7) is 9.46. The van der Waals surface area contributed by atoms with Gasteiger partial charge in [0.1, 0.15) is 6.54 Å². The molecule has 2 heteroatoms. The highest BCUT2D eigenvalue weighted by molar-refractivity contribution is 6.08. The smallest absolute Gasteiger partial charge is 0.210 e. The highest BCUT2D eigenvalue weighted by Crippen LogP contribution is 2.51. The van der Waals surface area contributed by atoms with E-state index in [9.17, 15) is 0 Å². The van der Waals surface area contributed by atoms with E-state index in [0.29, 0.717) is 0 Å². The van der Waals surface area contributed by atoms with Crippen LogP contribution in [0.25, 0.3) is 10.8 Å². The van der Waals surface area contributed by atoms with Crippen LogP contribution in [0.4, 0.5) is 11.4 Å². The average Bonchev–Trinajstić information content (AvgIpc) is 4.07. The molecular formula is C58H69N2+. The lowest BCUT2D eigenvalue weighted by atomic mass is 9.73. The van der Waals surface area contributed by atoms with Crippen LogP contribution in [0, 0.1) is 18.8 Å². The molecule has 0 radical (unpaired) electrons. The fourth-order valence-electron chi connectivity index (χ4n) is 12.2. The molecule has 0 amide bonds. The Morgan fingerprint density at radius 2 is 1.27 bits per heavy atom. The van der Waals surface area contributed by atoms with E-state index in [0.717, 1.165) is 37.8 Å². The topological polar surface area (TPSA) is 6.25 Å². The van der Waals surface area contributed by atoms with Crippen molar-refractivity contribution >= 4 is 27.9 Å². The summed E-state index contributed by atoms with van der Waals surface area (Å²) in [6, 6.07) is 43.7. The summed E-state index contributed by atoms with van der Waals surface area (Å²) in [5.74, 6) is 1.88. The Balaban J connectivity index is 1.13. The molecule has 5 aromatic carbocycles. The summed E-state index contributed by atoms with van der Waals surface area (Å²) in [4.78, 5) is 2.72. The minimum absolute atomic E-state index is 0.148. The fourth-order valence-corrected chi connectivity index (χ4v) is 12.2. The van der Waals surface area contributed by atoms with E-state index in [1.807, 2.05) is 0 Å². The number of hydrogen-bond acceptors (Lipinski definition) is 1. The number of nitrogens with zero attached hydrogens (tertiary/aromatic N) is 2. The second-order valence-electron chi connectivity index (χ2n) is 19.6. The normalized spacial score (nSPS) is 22.6. The van der Waals surface area contributed by atoms with E-state index < -0.39 is 0 Å². The molecule has 2 atom stereocenters. The predicted molar refractivity (Wildman–Crippen MR) is 256 cm³/mol. The molecule has 0 aromatic heterocycles. The zero-order valence-corrected chi connectivity index (χ0v) is 37.0. The molecule has 9 rings (SSSR count). The number of anilines is 1. The molecule has 0 bridgehead atoms. The van der Waals surface area contributed by atoms with Gasteiger partial charge >= 0.3 is 0 Å². The molecule has 2 saturated carbocycles. The summed E-state index contributed by atoms with van der Waals surface area (Å²) in [7, 11) is 0. The Labute approximate surface area is 362 Å². The van der Waals surface area contributed by atoms with Gasteiger partial charge in [-0.05, 0) is 104 Å². The molecule has 0 spiro atoms. The fraction of sp³-hybridized carbons (Fsp3) is 0.431. The molecule has 310 valence electrons. The summed E-state index contributed by atoms with van der Waals surface area (Å²) >= 11 is 0. The summed E-state index contributed by atoms with van der Waals surface area (Å²) in [5, 5.41) is 2.73. The first-order chi connectivity index (χ1) is 29.4. The Morgan fingerprint density at radius 1 is 0.650 bits per heavy atom. The van der Waals surface area contributed by atoms with Gasteiger partial charge < -0.3 is 4.90 Å². The van der Waals surface area contributed by atoms with Crippen molar-refractivity contribution in [1.29, 1.82) is 0 Å². The third-order valence-corrected chi connectivity index (χ3v) is 15.2. The van der Waals surface area contributed by atoms with Crippen LogP contribution in [0.3, 0.4) is 0 Å².